The zero-order chi connectivity index (χ0) is 13.0. The maximum atomic E-state index is 9.46. The minimum absolute atomic E-state index is 0.484. The molecule has 1 atom stereocenters. The van der Waals surface area contributed by atoms with Crippen LogP contribution in [0.4, 0.5) is 5.69 Å². The molecule has 2 rings (SSSR count). The standard InChI is InChI=1S/C15H24N2O/c1-12(18)15-10-9-14(11-16-15)17(2)13-7-5-3-4-6-8-13/h9-13,18H,3-8H2,1-2H3/t12-/m0/s1. The Kier molecular flexibility index (Phi) is 4.59. The third kappa shape index (κ3) is 3.22. The molecule has 1 heterocycles. The van der Waals surface area contributed by atoms with Crippen LogP contribution in [0.5, 0.6) is 0 Å². The van der Waals surface area contributed by atoms with Gasteiger partial charge in [-0.25, -0.2) is 0 Å². The van der Waals surface area contributed by atoms with Crippen LogP contribution >= 0.6 is 0 Å². The van der Waals surface area contributed by atoms with Crippen LogP contribution in [-0.2, 0) is 0 Å². The number of nitrogens with zero attached hydrogens (tertiary/aromatic N) is 2. The minimum Gasteiger partial charge on any atom is -0.387 e. The fourth-order valence-electron chi connectivity index (χ4n) is 2.71. The molecule has 3 nitrogen and oxygen atoms in total. The smallest absolute Gasteiger partial charge is 0.0931 e. The van der Waals surface area contributed by atoms with Crippen molar-refractivity contribution in [3.8, 4) is 0 Å². The van der Waals surface area contributed by atoms with Crippen LogP contribution in [0, 0.1) is 0 Å². The van der Waals surface area contributed by atoms with E-state index in [2.05, 4.69) is 23.0 Å². The maximum Gasteiger partial charge on any atom is 0.0931 e. The van der Waals surface area contributed by atoms with Crippen LogP contribution in [0.25, 0.3) is 0 Å². The Hall–Kier alpha value is -1.09. The summed E-state index contributed by atoms with van der Waals surface area (Å²) in [6, 6.07) is 4.64. The Morgan fingerprint density at radius 3 is 2.39 bits per heavy atom. The molecule has 1 aromatic heterocycles. The second-order valence-corrected chi connectivity index (χ2v) is 5.37. The van der Waals surface area contributed by atoms with Gasteiger partial charge in [0, 0.05) is 13.1 Å². The van der Waals surface area contributed by atoms with Crippen molar-refractivity contribution < 1.29 is 5.11 Å². The highest BCUT2D eigenvalue weighted by Crippen LogP contribution is 2.25. The Morgan fingerprint density at radius 1 is 1.22 bits per heavy atom. The predicted octanol–water partition coefficient (Wildman–Crippen LogP) is 3.29. The third-order valence-electron chi connectivity index (χ3n) is 3.98. The summed E-state index contributed by atoms with van der Waals surface area (Å²) in [6.45, 7) is 1.75. The summed E-state index contributed by atoms with van der Waals surface area (Å²) < 4.78 is 0. The number of rotatable bonds is 3. The largest absolute Gasteiger partial charge is 0.387 e. The van der Waals surface area contributed by atoms with Crippen molar-refractivity contribution in [3.05, 3.63) is 24.0 Å². The summed E-state index contributed by atoms with van der Waals surface area (Å²) in [6.07, 6.45) is 9.41. The number of aliphatic hydroxyl groups excluding tert-OH is 1. The maximum absolute atomic E-state index is 9.46. The van der Waals surface area contributed by atoms with E-state index < -0.39 is 6.10 Å². The van der Waals surface area contributed by atoms with Gasteiger partial charge in [0.25, 0.3) is 0 Å². The van der Waals surface area contributed by atoms with E-state index in [4.69, 9.17) is 0 Å². The average Bonchev–Trinajstić information content (AvgIpc) is 2.67. The fraction of sp³-hybridized carbons (Fsp3) is 0.667. The summed E-state index contributed by atoms with van der Waals surface area (Å²) >= 11 is 0. The lowest BCUT2D eigenvalue weighted by Crippen LogP contribution is -2.31. The Balaban J connectivity index is 2.05. The molecule has 0 spiro atoms. The van der Waals surface area contributed by atoms with E-state index in [0.717, 1.165) is 11.4 Å². The van der Waals surface area contributed by atoms with Crippen molar-refractivity contribution in [1.82, 2.24) is 4.98 Å². The molecule has 1 aliphatic carbocycles. The van der Waals surface area contributed by atoms with E-state index in [9.17, 15) is 5.11 Å². The molecule has 0 bridgehead atoms. The van der Waals surface area contributed by atoms with Gasteiger partial charge in [-0.3, -0.25) is 4.98 Å². The molecule has 3 heteroatoms. The third-order valence-corrected chi connectivity index (χ3v) is 3.98. The quantitative estimate of drug-likeness (QED) is 0.834. The van der Waals surface area contributed by atoms with Crippen molar-refractivity contribution in [2.45, 2.75) is 57.6 Å². The number of anilines is 1. The van der Waals surface area contributed by atoms with Crippen molar-refractivity contribution in [1.29, 1.82) is 0 Å². The number of pyridine rings is 1. The molecule has 1 fully saturated rings. The average molecular weight is 248 g/mol. The van der Waals surface area contributed by atoms with Crippen molar-refractivity contribution in [2.75, 3.05) is 11.9 Å². The topological polar surface area (TPSA) is 36.4 Å². The van der Waals surface area contributed by atoms with Crippen LogP contribution in [-0.4, -0.2) is 23.2 Å². The van der Waals surface area contributed by atoms with E-state index in [1.54, 1.807) is 6.92 Å². The first-order chi connectivity index (χ1) is 8.68. The molecular weight excluding hydrogens is 224 g/mol. The minimum atomic E-state index is -0.484. The lowest BCUT2D eigenvalue weighted by molar-refractivity contribution is 0.194. The summed E-state index contributed by atoms with van der Waals surface area (Å²) in [7, 11) is 2.16. The molecule has 18 heavy (non-hydrogen) atoms. The monoisotopic (exact) mass is 248 g/mol. The summed E-state index contributed by atoms with van der Waals surface area (Å²) in [5.74, 6) is 0. The van der Waals surface area contributed by atoms with Crippen molar-refractivity contribution in [2.24, 2.45) is 0 Å². The molecule has 0 aliphatic heterocycles. The summed E-state index contributed by atoms with van der Waals surface area (Å²) in [4.78, 5) is 6.68. The van der Waals surface area contributed by atoms with E-state index in [-0.39, 0.29) is 0 Å². The van der Waals surface area contributed by atoms with Crippen LogP contribution in [0.2, 0.25) is 0 Å². The van der Waals surface area contributed by atoms with Crippen molar-refractivity contribution >= 4 is 5.69 Å². The molecule has 1 aromatic rings. The fourth-order valence-corrected chi connectivity index (χ4v) is 2.71. The molecule has 0 saturated heterocycles. The summed E-state index contributed by atoms with van der Waals surface area (Å²) in [5, 5.41) is 9.46. The van der Waals surface area contributed by atoms with Crippen molar-refractivity contribution in [3.63, 3.8) is 0 Å². The second kappa shape index (κ2) is 6.19. The summed E-state index contributed by atoms with van der Waals surface area (Å²) in [5.41, 5.74) is 1.90. The molecule has 1 saturated carbocycles. The van der Waals surface area contributed by atoms with Gasteiger partial charge in [-0.05, 0) is 31.9 Å². The molecule has 1 aliphatic rings. The van der Waals surface area contributed by atoms with Gasteiger partial charge in [0.05, 0.1) is 23.7 Å². The predicted molar refractivity (Wildman–Crippen MR) is 74.8 cm³/mol. The Morgan fingerprint density at radius 2 is 1.89 bits per heavy atom. The molecule has 100 valence electrons. The van der Waals surface area contributed by atoms with E-state index in [1.807, 2.05) is 12.3 Å². The highest BCUT2D eigenvalue weighted by Gasteiger charge is 2.17. The van der Waals surface area contributed by atoms with Crippen LogP contribution in [0.1, 0.15) is 57.2 Å². The van der Waals surface area contributed by atoms with Gasteiger partial charge >= 0.3 is 0 Å². The number of aliphatic hydroxyl groups is 1. The number of hydrogen-bond acceptors (Lipinski definition) is 3. The first-order valence-electron chi connectivity index (χ1n) is 7.05. The molecule has 1 N–H and O–H groups in total. The van der Waals surface area contributed by atoms with E-state index in [0.29, 0.717) is 6.04 Å². The first-order valence-corrected chi connectivity index (χ1v) is 7.05. The lowest BCUT2D eigenvalue weighted by atomic mass is 10.1. The van der Waals surface area contributed by atoms with Gasteiger partial charge < -0.3 is 10.0 Å². The van der Waals surface area contributed by atoms with Gasteiger partial charge in [0.15, 0.2) is 0 Å². The zero-order valence-corrected chi connectivity index (χ0v) is 11.5. The SMILES string of the molecule is C[C@H](O)c1ccc(N(C)C2CCCCCC2)cn1. The van der Waals surface area contributed by atoms with Gasteiger partial charge in [-0.2, -0.15) is 0 Å². The highest BCUT2D eigenvalue weighted by atomic mass is 16.3. The van der Waals surface area contributed by atoms with Gasteiger partial charge in [0.1, 0.15) is 0 Å². The highest BCUT2D eigenvalue weighted by molar-refractivity contribution is 5.45. The molecular formula is C15H24N2O. The molecule has 0 aromatic carbocycles. The number of hydrogen-bond donors (Lipinski definition) is 1. The second-order valence-electron chi connectivity index (χ2n) is 5.37. The van der Waals surface area contributed by atoms with E-state index >= 15 is 0 Å². The Labute approximate surface area is 110 Å². The van der Waals surface area contributed by atoms with Gasteiger partial charge in [0.2, 0.25) is 0 Å². The molecule has 0 unspecified atom stereocenters. The molecule has 0 radical (unpaired) electrons. The normalized spacial score (nSPS) is 19.3. The van der Waals surface area contributed by atoms with E-state index in [1.165, 1.54) is 38.5 Å². The Bertz CT molecular complexity index is 353. The zero-order valence-electron chi connectivity index (χ0n) is 11.5. The first kappa shape index (κ1) is 13.3. The lowest BCUT2D eigenvalue weighted by Gasteiger charge is -2.29. The van der Waals surface area contributed by atoms with Gasteiger partial charge in [-0.15, -0.1) is 0 Å². The van der Waals surface area contributed by atoms with Crippen LogP contribution in [0.3, 0.4) is 0 Å². The molecule has 0 amide bonds. The van der Waals surface area contributed by atoms with Crippen LogP contribution < -0.4 is 4.90 Å². The number of aromatic nitrogens is 1. The van der Waals surface area contributed by atoms with Gasteiger partial charge in [-0.1, -0.05) is 25.7 Å². The van der Waals surface area contributed by atoms with Crippen LogP contribution in [0.15, 0.2) is 18.3 Å².